The fraction of sp³-hybridized carbons (Fsp3) is 0.267. The molecule has 0 aliphatic heterocycles. The molecule has 0 nitrogen and oxygen atoms in total. The Morgan fingerprint density at radius 3 is 2.28 bits per heavy atom. The first kappa shape index (κ1) is 22.8. The van der Waals surface area contributed by atoms with Gasteiger partial charge in [0.05, 0.1) is 0 Å². The Morgan fingerprint density at radius 2 is 1.69 bits per heavy atom. The van der Waals surface area contributed by atoms with Gasteiger partial charge in [-0.25, -0.2) is 0 Å². The summed E-state index contributed by atoms with van der Waals surface area (Å²) < 4.78 is 2.76. The summed E-state index contributed by atoms with van der Waals surface area (Å²) in [5.41, 5.74) is 5.35. The lowest BCUT2D eigenvalue weighted by Gasteiger charge is -2.15. The van der Waals surface area contributed by atoms with E-state index in [1.807, 2.05) is 28.7 Å². The second kappa shape index (κ2) is 8.84. The summed E-state index contributed by atoms with van der Waals surface area (Å²) in [5.74, 6) is 0.501. The largest absolute Gasteiger partial charge is 0.139 e. The Morgan fingerprint density at radius 1 is 0.969 bits per heavy atom. The molecule has 0 aliphatic rings. The number of benzene rings is 2. The third-order valence-electron chi connectivity index (χ3n) is 5.78. The first-order chi connectivity index (χ1) is 15.3. The summed E-state index contributed by atoms with van der Waals surface area (Å²) in [6.07, 6.45) is 8.42. The summed E-state index contributed by atoms with van der Waals surface area (Å²) in [6, 6.07) is 15.8. The Kier molecular flexibility index (Phi) is 6.29. The molecule has 0 unspecified atom stereocenters. The lowest BCUT2D eigenvalue weighted by atomic mass is 9.90. The minimum absolute atomic E-state index is 0.105. The molecule has 2 aromatic heterocycles. The summed E-state index contributed by atoms with van der Waals surface area (Å²) >= 11 is 3.90. The average Bonchev–Trinajstić information content (AvgIpc) is 3.37. The van der Waals surface area contributed by atoms with Crippen LogP contribution in [0.5, 0.6) is 0 Å². The van der Waals surface area contributed by atoms with Crippen LogP contribution in [0.4, 0.5) is 0 Å². The highest BCUT2D eigenvalue weighted by atomic mass is 32.1. The molecule has 164 valence electrons. The number of fused-ring (bicyclic) bond motifs is 2. The van der Waals surface area contributed by atoms with Crippen molar-refractivity contribution in [3.8, 4) is 11.1 Å². The Hall–Kier alpha value is -2.42. The number of rotatable bonds is 5. The maximum atomic E-state index is 4.01. The molecular formula is C30H32S2. The first-order valence-corrected chi connectivity index (χ1v) is 12.9. The normalized spacial score (nSPS) is 13.2. The number of hydrogen-bond donors (Lipinski definition) is 0. The fourth-order valence-corrected chi connectivity index (χ4v) is 6.70. The second-order valence-corrected chi connectivity index (χ2v) is 11.8. The van der Waals surface area contributed by atoms with E-state index in [4.69, 9.17) is 0 Å². The topological polar surface area (TPSA) is 0 Å². The van der Waals surface area contributed by atoms with E-state index in [2.05, 4.69) is 109 Å². The molecular weight excluding hydrogens is 424 g/mol. The molecule has 0 saturated heterocycles. The summed E-state index contributed by atoms with van der Waals surface area (Å²) in [5, 5.41) is 2.73. The predicted octanol–water partition coefficient (Wildman–Crippen LogP) is 10.3. The number of hydrogen-bond acceptors (Lipinski definition) is 2. The maximum Gasteiger partial charge on any atom is 0.0437 e. The Balaban J connectivity index is 2.26. The lowest BCUT2D eigenvalue weighted by Crippen LogP contribution is -2.07. The van der Waals surface area contributed by atoms with E-state index < -0.39 is 0 Å². The molecule has 0 fully saturated rings. The molecule has 0 saturated carbocycles. The molecule has 0 radical (unpaired) electrons. The van der Waals surface area contributed by atoms with Crippen molar-refractivity contribution in [3.05, 3.63) is 88.7 Å². The Labute approximate surface area is 200 Å². The van der Waals surface area contributed by atoms with Gasteiger partial charge in [0, 0.05) is 41.1 Å². The van der Waals surface area contributed by atoms with E-state index in [0.29, 0.717) is 5.92 Å². The molecule has 2 heterocycles. The summed E-state index contributed by atoms with van der Waals surface area (Å²) in [7, 11) is 0. The van der Waals surface area contributed by atoms with Gasteiger partial charge in [0.1, 0.15) is 0 Å². The van der Waals surface area contributed by atoms with Crippen LogP contribution in [0.15, 0.2) is 73.3 Å². The Bertz CT molecular complexity index is 1330. The van der Waals surface area contributed by atoms with Gasteiger partial charge in [-0.05, 0) is 41.5 Å². The lowest BCUT2D eigenvalue weighted by molar-refractivity contribution is 0.604. The van der Waals surface area contributed by atoms with Crippen LogP contribution in [0.1, 0.15) is 62.8 Å². The summed E-state index contributed by atoms with van der Waals surface area (Å²) in [6.45, 7) is 17.6. The minimum Gasteiger partial charge on any atom is -0.139 e. The smallest absolute Gasteiger partial charge is 0.0437 e. The van der Waals surface area contributed by atoms with E-state index in [1.54, 1.807) is 0 Å². The molecule has 0 N–H and O–H groups in total. The number of thiophene rings is 2. The standard InChI is InChI=1S/C30H32S2/c1-8-13-20(14-9-2)26-23-18-25(30(5,6)7)32-29(23)27(21-15-11-10-12-16-21)22-17-24(19(3)4)31-28(22)26/h8-19H,1H2,2-7H3/b14-9-,20-13+. The molecule has 0 amide bonds. The van der Waals surface area contributed by atoms with Crippen LogP contribution in [-0.2, 0) is 5.41 Å². The molecule has 4 rings (SSSR count). The van der Waals surface area contributed by atoms with Crippen LogP contribution >= 0.6 is 22.7 Å². The minimum atomic E-state index is 0.105. The van der Waals surface area contributed by atoms with E-state index >= 15 is 0 Å². The fourth-order valence-electron chi connectivity index (χ4n) is 4.15. The molecule has 0 bridgehead atoms. The van der Waals surface area contributed by atoms with Gasteiger partial charge in [-0.15, -0.1) is 22.7 Å². The van der Waals surface area contributed by atoms with E-state index in [1.165, 1.54) is 52.2 Å². The van der Waals surface area contributed by atoms with Gasteiger partial charge < -0.3 is 0 Å². The highest BCUT2D eigenvalue weighted by molar-refractivity contribution is 7.21. The van der Waals surface area contributed by atoms with Crippen molar-refractivity contribution in [1.82, 2.24) is 0 Å². The van der Waals surface area contributed by atoms with Crippen molar-refractivity contribution >= 4 is 48.4 Å². The zero-order chi connectivity index (χ0) is 23.0. The highest BCUT2D eigenvalue weighted by Gasteiger charge is 2.25. The molecule has 0 aliphatic carbocycles. The van der Waals surface area contributed by atoms with Crippen LogP contribution in [0.2, 0.25) is 0 Å². The monoisotopic (exact) mass is 456 g/mol. The molecule has 32 heavy (non-hydrogen) atoms. The van der Waals surface area contributed by atoms with E-state index in [-0.39, 0.29) is 5.41 Å². The van der Waals surface area contributed by atoms with Crippen molar-refractivity contribution < 1.29 is 0 Å². The van der Waals surface area contributed by atoms with Gasteiger partial charge in [0.25, 0.3) is 0 Å². The first-order valence-electron chi connectivity index (χ1n) is 11.3. The maximum absolute atomic E-state index is 4.01. The van der Waals surface area contributed by atoms with Gasteiger partial charge in [-0.1, -0.05) is 95.8 Å². The van der Waals surface area contributed by atoms with Gasteiger partial charge in [0.2, 0.25) is 0 Å². The van der Waals surface area contributed by atoms with E-state index in [0.717, 1.165) is 0 Å². The van der Waals surface area contributed by atoms with Gasteiger partial charge in [0.15, 0.2) is 0 Å². The molecule has 0 atom stereocenters. The van der Waals surface area contributed by atoms with E-state index in [9.17, 15) is 0 Å². The molecule has 2 heteroatoms. The predicted molar refractivity (Wildman–Crippen MR) is 148 cm³/mol. The SMILES string of the molecule is C=C/C=C(\C=C/C)c1c2cc(C(C)(C)C)sc2c(-c2ccccc2)c2cc(C(C)C)sc12. The highest BCUT2D eigenvalue weighted by Crippen LogP contribution is 2.50. The van der Waals surface area contributed by atoms with Crippen molar-refractivity contribution in [1.29, 1.82) is 0 Å². The number of allylic oxidation sites excluding steroid dienone is 5. The van der Waals surface area contributed by atoms with Crippen molar-refractivity contribution in [2.45, 2.75) is 52.9 Å². The second-order valence-electron chi connectivity index (χ2n) is 9.62. The van der Waals surface area contributed by atoms with Crippen molar-refractivity contribution in [2.24, 2.45) is 0 Å². The third kappa shape index (κ3) is 4.02. The van der Waals surface area contributed by atoms with Gasteiger partial charge in [-0.2, -0.15) is 0 Å². The van der Waals surface area contributed by atoms with Crippen molar-refractivity contribution in [2.75, 3.05) is 0 Å². The van der Waals surface area contributed by atoms with Gasteiger partial charge >= 0.3 is 0 Å². The zero-order valence-corrected chi connectivity index (χ0v) is 21.6. The molecule has 4 aromatic rings. The van der Waals surface area contributed by atoms with Crippen molar-refractivity contribution in [3.63, 3.8) is 0 Å². The van der Waals surface area contributed by atoms with Crippen LogP contribution < -0.4 is 0 Å². The van der Waals surface area contributed by atoms with Crippen LogP contribution in [0, 0.1) is 0 Å². The third-order valence-corrected chi connectivity index (χ3v) is 8.81. The average molecular weight is 457 g/mol. The molecule has 0 spiro atoms. The van der Waals surface area contributed by atoms with Crippen LogP contribution in [0.3, 0.4) is 0 Å². The van der Waals surface area contributed by atoms with Gasteiger partial charge in [-0.3, -0.25) is 0 Å². The van der Waals surface area contributed by atoms with Crippen LogP contribution in [0.25, 0.3) is 36.9 Å². The molecule has 2 aromatic carbocycles. The quantitative estimate of drug-likeness (QED) is 0.262. The van der Waals surface area contributed by atoms with Crippen LogP contribution in [-0.4, -0.2) is 0 Å². The zero-order valence-electron chi connectivity index (χ0n) is 20.0. The summed E-state index contributed by atoms with van der Waals surface area (Å²) in [4.78, 5) is 2.86.